The summed E-state index contributed by atoms with van der Waals surface area (Å²) in [6.07, 6.45) is 3.14. The van der Waals surface area contributed by atoms with E-state index in [-0.39, 0.29) is 17.3 Å². The van der Waals surface area contributed by atoms with Crippen molar-refractivity contribution in [1.29, 1.82) is 0 Å². The van der Waals surface area contributed by atoms with Crippen molar-refractivity contribution < 1.29 is 9.72 Å². The Hall–Kier alpha value is -1.76. The Morgan fingerprint density at radius 3 is 2.90 bits per heavy atom. The van der Waals surface area contributed by atoms with Gasteiger partial charge in [0.15, 0.2) is 0 Å². The van der Waals surface area contributed by atoms with Crippen LogP contribution in [0.4, 0.5) is 11.4 Å². The summed E-state index contributed by atoms with van der Waals surface area (Å²) >= 11 is 1.94. The van der Waals surface area contributed by atoms with Gasteiger partial charge in [0.1, 0.15) is 5.69 Å². The summed E-state index contributed by atoms with van der Waals surface area (Å²) in [6, 6.07) is 4.56. The lowest BCUT2D eigenvalue weighted by Crippen LogP contribution is -2.18. The maximum absolute atomic E-state index is 11.1. The number of hydrogen-bond acceptors (Lipinski definition) is 5. The minimum absolute atomic E-state index is 0.0992. The number of anilines is 1. The molecule has 0 aromatic heterocycles. The van der Waals surface area contributed by atoms with Crippen molar-refractivity contribution in [3.63, 3.8) is 0 Å². The first-order valence-electron chi connectivity index (χ1n) is 6.97. The van der Waals surface area contributed by atoms with Gasteiger partial charge in [-0.05, 0) is 37.1 Å². The van der Waals surface area contributed by atoms with Crippen molar-refractivity contribution in [3.05, 3.63) is 33.9 Å². The highest BCUT2D eigenvalue weighted by molar-refractivity contribution is 7.99. The Morgan fingerprint density at radius 2 is 2.29 bits per heavy atom. The Balaban J connectivity index is 2.13. The number of carbonyl (C=O) groups is 1. The molecule has 2 rings (SSSR count). The minimum Gasteiger partial charge on any atom is -0.377 e. The number of nitrogens with one attached hydrogen (secondary N) is 1. The van der Waals surface area contributed by atoms with Crippen LogP contribution in [0.1, 0.15) is 36.5 Å². The third-order valence-corrected chi connectivity index (χ3v) is 4.86. The quantitative estimate of drug-likeness (QED) is 0.622. The SMILES string of the molecule is CCSC1CCC(Nc2ccc(C(N)=O)cc2[N+](=O)[O-])C1. The number of nitrogens with two attached hydrogens (primary N) is 1. The van der Waals surface area contributed by atoms with Gasteiger partial charge in [-0.15, -0.1) is 0 Å². The molecule has 114 valence electrons. The molecule has 0 heterocycles. The number of hydrogen-bond donors (Lipinski definition) is 2. The molecule has 0 bridgehead atoms. The van der Waals surface area contributed by atoms with E-state index in [1.165, 1.54) is 12.1 Å². The molecule has 2 atom stereocenters. The van der Waals surface area contributed by atoms with Crippen LogP contribution in [-0.4, -0.2) is 27.9 Å². The van der Waals surface area contributed by atoms with Gasteiger partial charge in [0.05, 0.1) is 4.92 Å². The number of amides is 1. The van der Waals surface area contributed by atoms with E-state index in [1.807, 2.05) is 11.8 Å². The van der Waals surface area contributed by atoms with E-state index >= 15 is 0 Å². The van der Waals surface area contributed by atoms with Crippen LogP contribution in [0.3, 0.4) is 0 Å². The van der Waals surface area contributed by atoms with E-state index in [2.05, 4.69) is 12.2 Å². The van der Waals surface area contributed by atoms with Gasteiger partial charge in [0, 0.05) is 22.9 Å². The van der Waals surface area contributed by atoms with Gasteiger partial charge in [-0.1, -0.05) is 6.92 Å². The monoisotopic (exact) mass is 309 g/mol. The van der Waals surface area contributed by atoms with Crippen molar-refractivity contribution in [2.45, 2.75) is 37.5 Å². The number of benzene rings is 1. The molecule has 1 aromatic carbocycles. The topological polar surface area (TPSA) is 98.3 Å². The average molecular weight is 309 g/mol. The second kappa shape index (κ2) is 6.80. The van der Waals surface area contributed by atoms with E-state index in [0.717, 1.165) is 25.0 Å². The fourth-order valence-corrected chi connectivity index (χ4v) is 3.78. The van der Waals surface area contributed by atoms with Gasteiger partial charge >= 0.3 is 0 Å². The molecular formula is C14H19N3O3S. The number of nitro benzene ring substituents is 1. The second-order valence-electron chi connectivity index (χ2n) is 5.08. The van der Waals surface area contributed by atoms with E-state index in [1.54, 1.807) is 6.07 Å². The highest BCUT2D eigenvalue weighted by Crippen LogP contribution is 2.34. The second-order valence-corrected chi connectivity index (χ2v) is 6.66. The van der Waals surface area contributed by atoms with Crippen molar-refractivity contribution in [3.8, 4) is 0 Å². The third kappa shape index (κ3) is 3.87. The molecule has 7 heteroatoms. The summed E-state index contributed by atoms with van der Waals surface area (Å²) in [5.41, 5.74) is 5.67. The summed E-state index contributed by atoms with van der Waals surface area (Å²) in [7, 11) is 0. The summed E-state index contributed by atoms with van der Waals surface area (Å²) < 4.78 is 0. The molecule has 1 fully saturated rings. The first-order valence-corrected chi connectivity index (χ1v) is 8.02. The molecule has 1 amide bonds. The van der Waals surface area contributed by atoms with Crippen LogP contribution < -0.4 is 11.1 Å². The summed E-state index contributed by atoms with van der Waals surface area (Å²) in [4.78, 5) is 21.8. The molecule has 2 unspecified atom stereocenters. The van der Waals surface area contributed by atoms with Gasteiger partial charge in [0.2, 0.25) is 5.91 Å². The number of primary amides is 1. The molecule has 0 saturated heterocycles. The first-order chi connectivity index (χ1) is 10.0. The van der Waals surface area contributed by atoms with Gasteiger partial charge in [0.25, 0.3) is 5.69 Å². The Morgan fingerprint density at radius 1 is 1.52 bits per heavy atom. The lowest BCUT2D eigenvalue weighted by Gasteiger charge is -2.15. The van der Waals surface area contributed by atoms with Crippen molar-refractivity contribution in [2.75, 3.05) is 11.1 Å². The van der Waals surface area contributed by atoms with Gasteiger partial charge in [-0.25, -0.2) is 0 Å². The van der Waals surface area contributed by atoms with Crippen LogP contribution in [-0.2, 0) is 0 Å². The van der Waals surface area contributed by atoms with E-state index in [9.17, 15) is 14.9 Å². The van der Waals surface area contributed by atoms with E-state index in [0.29, 0.717) is 10.9 Å². The van der Waals surface area contributed by atoms with Crippen LogP contribution in [0.25, 0.3) is 0 Å². The van der Waals surface area contributed by atoms with Gasteiger partial charge < -0.3 is 11.1 Å². The molecule has 1 aliphatic rings. The van der Waals surface area contributed by atoms with E-state index in [4.69, 9.17) is 5.73 Å². The van der Waals surface area contributed by atoms with Gasteiger partial charge in [-0.3, -0.25) is 14.9 Å². The lowest BCUT2D eigenvalue weighted by atomic mass is 10.1. The fourth-order valence-electron chi connectivity index (χ4n) is 2.64. The molecule has 1 aromatic rings. The standard InChI is InChI=1S/C14H19N3O3S/c1-2-21-11-5-4-10(8-11)16-12-6-3-9(14(15)18)7-13(12)17(19)20/h3,6-7,10-11,16H,2,4-5,8H2,1H3,(H2,15,18). The first kappa shape index (κ1) is 15.6. The lowest BCUT2D eigenvalue weighted by molar-refractivity contribution is -0.384. The van der Waals surface area contributed by atoms with E-state index < -0.39 is 10.8 Å². The zero-order valence-electron chi connectivity index (χ0n) is 11.9. The van der Waals surface area contributed by atoms with Crippen LogP contribution in [0.5, 0.6) is 0 Å². The van der Waals surface area contributed by atoms with Crippen LogP contribution in [0, 0.1) is 10.1 Å². The molecule has 0 radical (unpaired) electrons. The molecule has 6 nitrogen and oxygen atoms in total. The van der Waals surface area contributed by atoms with Crippen molar-refractivity contribution >= 4 is 29.0 Å². The molecule has 0 aliphatic heterocycles. The normalized spacial score (nSPS) is 21.2. The predicted octanol–water partition coefficient (Wildman–Crippen LogP) is 2.78. The average Bonchev–Trinajstić information content (AvgIpc) is 2.86. The Kier molecular flexibility index (Phi) is 5.06. The Bertz CT molecular complexity index is 550. The third-order valence-electron chi connectivity index (χ3n) is 3.63. The zero-order chi connectivity index (χ0) is 15.4. The predicted molar refractivity (Wildman–Crippen MR) is 84.8 cm³/mol. The fraction of sp³-hybridized carbons (Fsp3) is 0.500. The molecule has 21 heavy (non-hydrogen) atoms. The molecule has 1 saturated carbocycles. The molecule has 0 spiro atoms. The molecule has 1 aliphatic carbocycles. The smallest absolute Gasteiger partial charge is 0.293 e. The van der Waals surface area contributed by atoms with Crippen molar-refractivity contribution in [1.82, 2.24) is 0 Å². The van der Waals surface area contributed by atoms with Crippen LogP contribution in [0.15, 0.2) is 18.2 Å². The highest BCUT2D eigenvalue weighted by Gasteiger charge is 2.26. The maximum Gasteiger partial charge on any atom is 0.293 e. The van der Waals surface area contributed by atoms with Crippen molar-refractivity contribution in [2.24, 2.45) is 5.73 Å². The van der Waals surface area contributed by atoms with Gasteiger partial charge in [-0.2, -0.15) is 11.8 Å². The number of nitro groups is 1. The summed E-state index contributed by atoms with van der Waals surface area (Å²) in [6.45, 7) is 2.14. The van der Waals surface area contributed by atoms with Crippen LogP contribution in [0.2, 0.25) is 0 Å². The molecule has 3 N–H and O–H groups in total. The number of rotatable bonds is 6. The highest BCUT2D eigenvalue weighted by atomic mass is 32.2. The Labute approximate surface area is 127 Å². The summed E-state index contributed by atoms with van der Waals surface area (Å²) in [5.74, 6) is 0.426. The minimum atomic E-state index is -0.662. The number of thioether (sulfide) groups is 1. The largest absolute Gasteiger partial charge is 0.377 e. The summed E-state index contributed by atoms with van der Waals surface area (Å²) in [5, 5.41) is 15.0. The molecular weight excluding hydrogens is 290 g/mol. The number of carbonyl (C=O) groups excluding carboxylic acids is 1. The maximum atomic E-state index is 11.1. The zero-order valence-corrected chi connectivity index (χ0v) is 12.7. The van der Waals surface area contributed by atoms with Crippen LogP contribution >= 0.6 is 11.8 Å². The number of nitrogens with zero attached hydrogens (tertiary/aromatic N) is 1.